The molecule has 0 spiro atoms. The number of rotatable bonds is 2. The Labute approximate surface area is 103 Å². The van der Waals surface area contributed by atoms with Crippen molar-refractivity contribution < 1.29 is 31.1 Å². The highest BCUT2D eigenvalue weighted by Gasteiger charge is 2.36. The van der Waals surface area contributed by atoms with Crippen molar-refractivity contribution in [3.8, 4) is 0 Å². The molecule has 0 aliphatic rings. The third-order valence-corrected chi connectivity index (χ3v) is 2.11. The number of hydrogen-bond donors (Lipinski definition) is 2. The van der Waals surface area contributed by atoms with Crippen LogP contribution in [0.1, 0.15) is 16.7 Å². The smallest absolute Gasteiger partial charge is 0.352 e. The molecule has 106 valence electrons. The quantitative estimate of drug-likeness (QED) is 0.807. The van der Waals surface area contributed by atoms with Gasteiger partial charge in [-0.15, -0.1) is 0 Å². The molecule has 0 heterocycles. The van der Waals surface area contributed by atoms with Gasteiger partial charge in [0, 0.05) is 6.54 Å². The fraction of sp³-hybridized carbons (Fsp3) is 0.300. The fourth-order valence-corrected chi connectivity index (χ4v) is 1.31. The lowest BCUT2D eigenvalue weighted by Gasteiger charge is -2.14. The van der Waals surface area contributed by atoms with E-state index in [1.54, 1.807) is 0 Å². The highest BCUT2D eigenvalue weighted by Crippen LogP contribution is 2.36. The average Bonchev–Trinajstić information content (AvgIpc) is 2.23. The average molecular weight is 286 g/mol. The van der Waals surface area contributed by atoms with Crippen LogP contribution in [-0.4, -0.2) is 6.03 Å². The highest BCUT2D eigenvalue weighted by atomic mass is 19.4. The van der Waals surface area contributed by atoms with Crippen LogP contribution in [0, 0.1) is 0 Å². The molecule has 0 unspecified atom stereocenters. The van der Waals surface area contributed by atoms with Gasteiger partial charge in [-0.1, -0.05) is 0 Å². The molecule has 0 aliphatic heterocycles. The maximum atomic E-state index is 12.5. The minimum Gasteiger partial charge on any atom is -0.352 e. The molecule has 1 rings (SSSR count). The van der Waals surface area contributed by atoms with Crippen molar-refractivity contribution in [1.29, 1.82) is 0 Å². The second-order valence-electron chi connectivity index (χ2n) is 3.63. The zero-order valence-electron chi connectivity index (χ0n) is 9.19. The number of nitrogens with one attached hydrogen (secondary N) is 1. The summed E-state index contributed by atoms with van der Waals surface area (Å²) in [6.45, 7) is -0.525. The molecule has 3 N–H and O–H groups in total. The van der Waals surface area contributed by atoms with Crippen LogP contribution in [0.25, 0.3) is 0 Å². The van der Waals surface area contributed by atoms with E-state index in [-0.39, 0.29) is 11.6 Å². The van der Waals surface area contributed by atoms with Crippen LogP contribution in [0.5, 0.6) is 0 Å². The first-order valence-corrected chi connectivity index (χ1v) is 4.82. The number of nitrogens with two attached hydrogens (primary N) is 1. The van der Waals surface area contributed by atoms with Gasteiger partial charge in [0.1, 0.15) is 0 Å². The van der Waals surface area contributed by atoms with Crippen LogP contribution in [0.15, 0.2) is 18.2 Å². The molecule has 0 saturated heterocycles. The van der Waals surface area contributed by atoms with Crippen LogP contribution in [-0.2, 0) is 18.9 Å². The molecule has 0 fully saturated rings. The van der Waals surface area contributed by atoms with E-state index in [1.807, 2.05) is 5.32 Å². The van der Waals surface area contributed by atoms with E-state index in [4.69, 9.17) is 5.73 Å². The third-order valence-electron chi connectivity index (χ3n) is 2.11. The largest absolute Gasteiger partial charge is 0.416 e. The first kappa shape index (κ1) is 15.1. The zero-order chi connectivity index (χ0) is 14.8. The molecular weight excluding hydrogens is 278 g/mol. The molecule has 19 heavy (non-hydrogen) atoms. The number of hydrogen-bond acceptors (Lipinski definition) is 1. The summed E-state index contributed by atoms with van der Waals surface area (Å²) in [5.74, 6) is 0. The van der Waals surface area contributed by atoms with Crippen molar-refractivity contribution >= 4 is 6.03 Å². The maximum absolute atomic E-state index is 12.5. The lowest BCUT2D eigenvalue weighted by atomic mass is 10.0. The SMILES string of the molecule is NC(=O)NCc1cc(C(F)(F)F)cc(C(F)(F)F)c1. The highest BCUT2D eigenvalue weighted by molar-refractivity contribution is 5.71. The van der Waals surface area contributed by atoms with Gasteiger partial charge in [0.15, 0.2) is 0 Å². The first-order chi connectivity index (χ1) is 8.50. The molecule has 0 saturated carbocycles. The molecule has 2 amide bonds. The van der Waals surface area contributed by atoms with E-state index in [1.165, 1.54) is 0 Å². The number of urea groups is 1. The van der Waals surface area contributed by atoms with Gasteiger partial charge in [0.05, 0.1) is 11.1 Å². The van der Waals surface area contributed by atoms with Crippen LogP contribution in [0.2, 0.25) is 0 Å². The number of halogens is 6. The minimum absolute atomic E-state index is 0.00771. The molecule has 0 atom stereocenters. The van der Waals surface area contributed by atoms with E-state index in [2.05, 4.69) is 0 Å². The first-order valence-electron chi connectivity index (χ1n) is 4.82. The van der Waals surface area contributed by atoms with Gasteiger partial charge < -0.3 is 11.1 Å². The monoisotopic (exact) mass is 286 g/mol. The number of benzene rings is 1. The predicted octanol–water partition coefficient (Wildman–Crippen LogP) is 2.89. The van der Waals surface area contributed by atoms with E-state index >= 15 is 0 Å². The van der Waals surface area contributed by atoms with Gasteiger partial charge in [-0.05, 0) is 23.8 Å². The van der Waals surface area contributed by atoms with Crippen molar-refractivity contribution in [2.45, 2.75) is 18.9 Å². The lowest BCUT2D eigenvalue weighted by Crippen LogP contribution is -2.29. The van der Waals surface area contributed by atoms with Crippen molar-refractivity contribution in [1.82, 2.24) is 5.32 Å². The van der Waals surface area contributed by atoms with E-state index in [0.717, 1.165) is 0 Å². The summed E-state index contributed by atoms with van der Waals surface area (Å²) in [4.78, 5) is 10.4. The summed E-state index contributed by atoms with van der Waals surface area (Å²) in [6.07, 6.45) is -9.83. The number of primary amides is 1. The number of alkyl halides is 6. The van der Waals surface area contributed by atoms with Gasteiger partial charge in [-0.3, -0.25) is 0 Å². The van der Waals surface area contributed by atoms with Crippen molar-refractivity contribution in [3.63, 3.8) is 0 Å². The Morgan fingerprint density at radius 1 is 1.00 bits per heavy atom. The van der Waals surface area contributed by atoms with Gasteiger partial charge >= 0.3 is 18.4 Å². The Morgan fingerprint density at radius 2 is 1.42 bits per heavy atom. The Bertz CT molecular complexity index is 448. The van der Waals surface area contributed by atoms with Crippen LogP contribution >= 0.6 is 0 Å². The lowest BCUT2D eigenvalue weighted by molar-refractivity contribution is -0.143. The van der Waals surface area contributed by atoms with Crippen LogP contribution in [0.4, 0.5) is 31.1 Å². The second-order valence-corrected chi connectivity index (χ2v) is 3.63. The molecule has 9 heteroatoms. The summed E-state index contributed by atoms with van der Waals surface area (Å²) in [6, 6.07) is -0.00427. The van der Waals surface area contributed by atoms with Gasteiger partial charge in [0.2, 0.25) is 0 Å². The Hall–Kier alpha value is -1.93. The van der Waals surface area contributed by atoms with E-state index < -0.39 is 36.1 Å². The predicted molar refractivity (Wildman–Crippen MR) is 52.9 cm³/mol. The molecule has 0 aliphatic carbocycles. The van der Waals surface area contributed by atoms with Crippen molar-refractivity contribution in [2.75, 3.05) is 0 Å². The standard InChI is InChI=1S/C10H8F6N2O/c11-9(12,13)6-1-5(4-18-8(17)19)2-7(3-6)10(14,15)16/h1-3H,4H2,(H3,17,18,19). The Kier molecular flexibility index (Phi) is 3.97. The molecule has 0 bridgehead atoms. The van der Waals surface area contributed by atoms with E-state index in [0.29, 0.717) is 12.1 Å². The van der Waals surface area contributed by atoms with Gasteiger partial charge in [0.25, 0.3) is 0 Å². The molecule has 0 radical (unpaired) electrons. The molecular formula is C10H8F6N2O. The molecule has 3 nitrogen and oxygen atoms in total. The second kappa shape index (κ2) is 4.98. The Balaban J connectivity index is 3.21. The number of amides is 2. The minimum atomic E-state index is -4.91. The number of carbonyl (C=O) groups excluding carboxylic acids is 1. The van der Waals surface area contributed by atoms with Crippen LogP contribution < -0.4 is 11.1 Å². The van der Waals surface area contributed by atoms with E-state index in [9.17, 15) is 31.1 Å². The topological polar surface area (TPSA) is 55.1 Å². The third kappa shape index (κ3) is 4.34. The summed E-state index contributed by atoms with van der Waals surface area (Å²) in [7, 11) is 0. The maximum Gasteiger partial charge on any atom is 0.416 e. The van der Waals surface area contributed by atoms with Crippen molar-refractivity contribution in [3.05, 3.63) is 34.9 Å². The normalized spacial score (nSPS) is 12.3. The van der Waals surface area contributed by atoms with Gasteiger partial charge in [-0.25, -0.2) is 4.79 Å². The summed E-state index contributed by atoms with van der Waals surface area (Å²) in [5.41, 5.74) is 1.46. The molecule has 1 aromatic rings. The fourth-order valence-electron chi connectivity index (χ4n) is 1.31. The summed E-state index contributed by atoms with van der Waals surface area (Å²) >= 11 is 0. The Morgan fingerprint density at radius 3 is 1.74 bits per heavy atom. The number of carbonyl (C=O) groups is 1. The summed E-state index contributed by atoms with van der Waals surface area (Å²) < 4.78 is 74.7. The molecule has 0 aromatic heterocycles. The van der Waals surface area contributed by atoms with Gasteiger partial charge in [-0.2, -0.15) is 26.3 Å². The summed E-state index contributed by atoms with van der Waals surface area (Å²) in [5, 5.41) is 1.92. The van der Waals surface area contributed by atoms with Crippen molar-refractivity contribution in [2.24, 2.45) is 5.73 Å². The van der Waals surface area contributed by atoms with Crippen LogP contribution in [0.3, 0.4) is 0 Å². The zero-order valence-corrected chi connectivity index (χ0v) is 9.19. The molecule has 1 aromatic carbocycles.